The minimum atomic E-state index is -0.430. The zero-order chi connectivity index (χ0) is 18.1. The third-order valence-corrected chi connectivity index (χ3v) is 5.29. The highest BCUT2D eigenvalue weighted by Gasteiger charge is 2.28. The quantitative estimate of drug-likeness (QED) is 0.514. The summed E-state index contributed by atoms with van der Waals surface area (Å²) in [7, 11) is 0. The van der Waals surface area contributed by atoms with Gasteiger partial charge in [0.1, 0.15) is 0 Å². The van der Waals surface area contributed by atoms with Crippen molar-refractivity contribution >= 4 is 34.2 Å². The van der Waals surface area contributed by atoms with Gasteiger partial charge in [0.25, 0.3) is 11.7 Å². The maximum absolute atomic E-state index is 12.8. The van der Waals surface area contributed by atoms with E-state index < -0.39 is 11.7 Å². The van der Waals surface area contributed by atoms with Gasteiger partial charge in [-0.2, -0.15) is 0 Å². The number of rotatable bonds is 4. The maximum Gasteiger partial charge on any atom is 0.295 e. The molecule has 1 aromatic heterocycles. The first-order valence-corrected chi connectivity index (χ1v) is 9.18. The average molecular weight is 367 g/mol. The normalized spacial score (nSPS) is 14.1. The van der Waals surface area contributed by atoms with Gasteiger partial charge in [-0.25, -0.2) is 0 Å². The summed E-state index contributed by atoms with van der Waals surface area (Å²) in [6.07, 6.45) is 3.71. The molecule has 1 aliphatic rings. The summed E-state index contributed by atoms with van der Waals surface area (Å²) in [5, 5.41) is 1.49. The lowest BCUT2D eigenvalue weighted by Gasteiger charge is -2.13. The number of Topliss-reactive ketones (excluding diaryl/α,β-unsaturated/α-hetero) is 1. The van der Waals surface area contributed by atoms with Crippen LogP contribution in [0.2, 0.25) is 5.02 Å². The van der Waals surface area contributed by atoms with Gasteiger partial charge in [0.2, 0.25) is 0 Å². The Hall–Kier alpha value is -2.59. The fourth-order valence-corrected chi connectivity index (χ4v) is 3.74. The van der Waals surface area contributed by atoms with E-state index in [1.165, 1.54) is 0 Å². The minimum absolute atomic E-state index is 0.400. The first-order valence-electron chi connectivity index (χ1n) is 8.80. The zero-order valence-corrected chi connectivity index (χ0v) is 15.1. The molecule has 0 aliphatic carbocycles. The van der Waals surface area contributed by atoms with Crippen LogP contribution in [0.3, 0.4) is 0 Å². The summed E-state index contributed by atoms with van der Waals surface area (Å²) >= 11 is 6.29. The molecule has 132 valence electrons. The van der Waals surface area contributed by atoms with Crippen LogP contribution in [0.15, 0.2) is 54.7 Å². The van der Waals surface area contributed by atoms with Gasteiger partial charge in [-0.1, -0.05) is 48.0 Å². The molecule has 1 aliphatic heterocycles. The van der Waals surface area contributed by atoms with E-state index in [1.54, 1.807) is 11.1 Å². The van der Waals surface area contributed by atoms with Crippen LogP contribution in [0.4, 0.5) is 0 Å². The van der Waals surface area contributed by atoms with E-state index in [0.717, 1.165) is 29.3 Å². The number of ketones is 1. The molecule has 0 unspecified atom stereocenters. The molecule has 1 amide bonds. The van der Waals surface area contributed by atoms with Gasteiger partial charge in [-0.15, -0.1) is 0 Å². The van der Waals surface area contributed by atoms with Crippen molar-refractivity contribution in [1.82, 2.24) is 9.47 Å². The summed E-state index contributed by atoms with van der Waals surface area (Å²) in [5.41, 5.74) is 2.36. The molecule has 4 rings (SSSR count). The highest BCUT2D eigenvalue weighted by Crippen LogP contribution is 2.25. The third-order valence-electron chi connectivity index (χ3n) is 4.92. The van der Waals surface area contributed by atoms with Gasteiger partial charge in [-0.05, 0) is 30.5 Å². The third kappa shape index (κ3) is 3.01. The fourth-order valence-electron chi connectivity index (χ4n) is 3.55. The Morgan fingerprint density at radius 1 is 0.962 bits per heavy atom. The number of nitrogens with zero attached hydrogens (tertiary/aromatic N) is 2. The second-order valence-corrected chi connectivity index (χ2v) is 7.01. The highest BCUT2D eigenvalue weighted by molar-refractivity contribution is 6.44. The largest absolute Gasteiger partial charge is 0.342 e. The van der Waals surface area contributed by atoms with Gasteiger partial charge in [0, 0.05) is 41.8 Å². The number of carbonyl (C=O) groups is 2. The van der Waals surface area contributed by atoms with Crippen molar-refractivity contribution in [2.75, 3.05) is 13.1 Å². The van der Waals surface area contributed by atoms with Crippen LogP contribution in [0.1, 0.15) is 28.8 Å². The van der Waals surface area contributed by atoms with E-state index in [2.05, 4.69) is 0 Å². The Labute approximate surface area is 157 Å². The van der Waals surface area contributed by atoms with Gasteiger partial charge in [0.15, 0.2) is 0 Å². The number of aromatic nitrogens is 1. The summed E-state index contributed by atoms with van der Waals surface area (Å²) in [6.45, 7) is 1.89. The van der Waals surface area contributed by atoms with Crippen molar-refractivity contribution in [3.8, 4) is 0 Å². The Bertz CT molecular complexity index is 987. The predicted molar refractivity (Wildman–Crippen MR) is 103 cm³/mol. The molecule has 0 N–H and O–H groups in total. The van der Waals surface area contributed by atoms with E-state index in [0.29, 0.717) is 30.2 Å². The van der Waals surface area contributed by atoms with Gasteiger partial charge < -0.3 is 9.47 Å². The first-order chi connectivity index (χ1) is 12.6. The summed E-state index contributed by atoms with van der Waals surface area (Å²) in [6, 6.07) is 15.3. The Kier molecular flexibility index (Phi) is 4.51. The molecule has 0 saturated carbocycles. The smallest absolute Gasteiger partial charge is 0.295 e. The van der Waals surface area contributed by atoms with Gasteiger partial charge in [-0.3, -0.25) is 9.59 Å². The molecule has 0 bridgehead atoms. The molecule has 0 atom stereocenters. The van der Waals surface area contributed by atoms with Crippen LogP contribution >= 0.6 is 11.6 Å². The Morgan fingerprint density at radius 2 is 1.65 bits per heavy atom. The molecule has 5 heteroatoms. The first kappa shape index (κ1) is 16.9. The molecule has 4 nitrogen and oxygen atoms in total. The summed E-state index contributed by atoms with van der Waals surface area (Å²) < 4.78 is 1.99. The van der Waals surface area contributed by atoms with E-state index >= 15 is 0 Å². The number of benzene rings is 2. The molecular formula is C21H19ClN2O2. The number of amides is 1. The average Bonchev–Trinajstić information content (AvgIpc) is 3.31. The molecule has 2 heterocycles. The predicted octanol–water partition coefficient (Wildman–Crippen LogP) is 4.15. The van der Waals surface area contributed by atoms with Crippen LogP contribution < -0.4 is 0 Å². The lowest BCUT2D eigenvalue weighted by Crippen LogP contribution is -2.34. The van der Waals surface area contributed by atoms with Crippen LogP contribution in [0.25, 0.3) is 10.9 Å². The van der Waals surface area contributed by atoms with Crippen LogP contribution in [0.5, 0.6) is 0 Å². The van der Waals surface area contributed by atoms with Crippen molar-refractivity contribution in [2.24, 2.45) is 0 Å². The van der Waals surface area contributed by atoms with Crippen molar-refractivity contribution in [3.63, 3.8) is 0 Å². The van der Waals surface area contributed by atoms with E-state index in [9.17, 15) is 9.59 Å². The monoisotopic (exact) mass is 366 g/mol. The van der Waals surface area contributed by atoms with Gasteiger partial charge >= 0.3 is 0 Å². The number of hydrogen-bond donors (Lipinski definition) is 0. The summed E-state index contributed by atoms with van der Waals surface area (Å²) in [4.78, 5) is 27.1. The molecule has 0 radical (unpaired) electrons. The van der Waals surface area contributed by atoms with Gasteiger partial charge in [0.05, 0.1) is 5.56 Å². The molecule has 2 aromatic carbocycles. The van der Waals surface area contributed by atoms with E-state index in [4.69, 9.17) is 11.6 Å². The number of halogens is 1. The second kappa shape index (κ2) is 6.96. The van der Waals surface area contributed by atoms with Crippen LogP contribution in [0, 0.1) is 0 Å². The Balaban J connectivity index is 1.73. The van der Waals surface area contributed by atoms with Crippen LogP contribution in [-0.2, 0) is 11.3 Å². The maximum atomic E-state index is 12.8. The second-order valence-electron chi connectivity index (χ2n) is 6.61. The molecule has 1 fully saturated rings. The molecular weight excluding hydrogens is 348 g/mol. The van der Waals surface area contributed by atoms with E-state index in [1.807, 2.05) is 53.1 Å². The lowest BCUT2D eigenvalue weighted by atomic mass is 10.1. The number of likely N-dealkylation sites (tertiary alicyclic amines) is 1. The number of fused-ring (bicyclic) bond motifs is 1. The topological polar surface area (TPSA) is 42.3 Å². The van der Waals surface area contributed by atoms with E-state index in [-0.39, 0.29) is 0 Å². The lowest BCUT2D eigenvalue weighted by molar-refractivity contribution is -0.125. The Morgan fingerprint density at radius 3 is 2.42 bits per heavy atom. The SMILES string of the molecule is O=C(C(=O)N1CCCC1)c1cn(Cc2ccccc2Cl)c2ccccc12. The highest BCUT2D eigenvalue weighted by atomic mass is 35.5. The standard InChI is InChI=1S/C21H19ClN2O2/c22-18-9-3-1-7-15(18)13-24-14-17(16-8-2-4-10-19(16)24)20(25)21(26)23-11-5-6-12-23/h1-4,7-10,14H,5-6,11-13H2. The summed E-state index contributed by atoms with van der Waals surface area (Å²) in [5.74, 6) is -0.829. The number of carbonyl (C=O) groups excluding carboxylic acids is 2. The molecule has 1 saturated heterocycles. The number of hydrogen-bond acceptors (Lipinski definition) is 2. The van der Waals surface area contributed by atoms with Crippen molar-refractivity contribution in [3.05, 3.63) is 70.9 Å². The zero-order valence-electron chi connectivity index (χ0n) is 14.3. The van der Waals surface area contributed by atoms with Crippen LogP contribution in [-0.4, -0.2) is 34.2 Å². The fraction of sp³-hybridized carbons (Fsp3) is 0.238. The molecule has 26 heavy (non-hydrogen) atoms. The minimum Gasteiger partial charge on any atom is -0.342 e. The van der Waals surface area contributed by atoms with Crippen molar-refractivity contribution in [2.45, 2.75) is 19.4 Å². The van der Waals surface area contributed by atoms with Crippen molar-refractivity contribution < 1.29 is 9.59 Å². The van der Waals surface area contributed by atoms with Crippen molar-refractivity contribution in [1.29, 1.82) is 0 Å². The number of para-hydroxylation sites is 1. The molecule has 0 spiro atoms. The molecule has 3 aromatic rings.